The van der Waals surface area contributed by atoms with Crippen LogP contribution in [0, 0.1) is 0 Å². The summed E-state index contributed by atoms with van der Waals surface area (Å²) in [5, 5.41) is 15.4. The van der Waals surface area contributed by atoms with Crippen molar-refractivity contribution in [3.8, 4) is 22.5 Å². The summed E-state index contributed by atoms with van der Waals surface area (Å²) in [7, 11) is 7.76. The predicted molar refractivity (Wildman–Crippen MR) is 247 cm³/mol. The van der Waals surface area contributed by atoms with Gasteiger partial charge in [-0.2, -0.15) is 0 Å². The zero-order chi connectivity index (χ0) is 48.7. The van der Waals surface area contributed by atoms with Crippen LogP contribution in [-0.4, -0.2) is 180 Å². The molecule has 0 bridgehead atoms. The fourth-order valence-corrected chi connectivity index (χ4v) is 6.74. The van der Waals surface area contributed by atoms with E-state index in [0.717, 1.165) is 22.0 Å². The van der Waals surface area contributed by atoms with Crippen molar-refractivity contribution in [1.29, 1.82) is 0 Å². The Morgan fingerprint density at radius 2 is 1.18 bits per heavy atom. The van der Waals surface area contributed by atoms with Crippen LogP contribution < -0.4 is 20.1 Å². The largest absolute Gasteiger partial charge is 0.478 e. The number of nitrogens with zero attached hydrogens (tertiary/aromatic N) is 3. The summed E-state index contributed by atoms with van der Waals surface area (Å²) in [6.07, 6.45) is 0.00111. The molecule has 2 aliphatic heterocycles. The number of carbonyl (C=O) groups is 5. The van der Waals surface area contributed by atoms with Crippen molar-refractivity contribution < 1.29 is 76.2 Å². The van der Waals surface area contributed by atoms with Gasteiger partial charge in [-0.05, 0) is 35.9 Å². The molecule has 1 saturated heterocycles. The van der Waals surface area contributed by atoms with Crippen LogP contribution in [-0.2, 0) is 57.1 Å². The molecule has 20 nitrogen and oxygen atoms in total. The third-order valence-corrected chi connectivity index (χ3v) is 10.3. The Labute approximate surface area is 394 Å². The maximum absolute atomic E-state index is 13.1. The molecular weight excluding hydrogens is 889 g/mol. The van der Waals surface area contributed by atoms with E-state index in [0.29, 0.717) is 113 Å². The van der Waals surface area contributed by atoms with E-state index < -0.39 is 29.7 Å². The number of fused-ring (bicyclic) bond motifs is 2. The zero-order valence-electron chi connectivity index (χ0n) is 39.3. The molecule has 1 aliphatic carbocycles. The van der Waals surface area contributed by atoms with Crippen molar-refractivity contribution in [2.24, 2.45) is 0 Å². The van der Waals surface area contributed by atoms with Crippen LogP contribution in [0.4, 0.5) is 5.69 Å². The van der Waals surface area contributed by atoms with E-state index >= 15 is 0 Å². The molecule has 68 heavy (non-hydrogen) atoms. The van der Waals surface area contributed by atoms with Crippen molar-refractivity contribution in [3.63, 3.8) is 0 Å². The lowest BCUT2D eigenvalue weighted by molar-refractivity contribution is -0.198. The molecule has 0 aromatic heterocycles. The molecule has 3 amide bonds. The van der Waals surface area contributed by atoms with Crippen LogP contribution in [0.5, 0.6) is 0 Å². The predicted octanol–water partition coefficient (Wildman–Crippen LogP) is 2.86. The summed E-state index contributed by atoms with van der Waals surface area (Å²) in [6.45, 7) is 5.80. The fourth-order valence-electron chi connectivity index (χ4n) is 6.74. The zero-order valence-corrected chi connectivity index (χ0v) is 39.3. The number of imide groups is 1. The third-order valence-electron chi connectivity index (χ3n) is 10.3. The highest BCUT2D eigenvalue weighted by Crippen LogP contribution is 2.42. The van der Waals surface area contributed by atoms with E-state index in [1.54, 1.807) is 12.1 Å². The van der Waals surface area contributed by atoms with Crippen LogP contribution in [0.3, 0.4) is 0 Å². The molecule has 0 saturated carbocycles. The average Bonchev–Trinajstić information content (AvgIpc) is 3.64. The average molecular weight is 952 g/mol. The number of hydrogen-bond donors (Lipinski definition) is 2. The number of rotatable bonds is 32. The lowest BCUT2D eigenvalue weighted by Crippen LogP contribution is -2.32. The summed E-state index contributed by atoms with van der Waals surface area (Å²) in [4.78, 5) is 67.1. The summed E-state index contributed by atoms with van der Waals surface area (Å²) in [6, 6.07) is 16.4. The summed E-state index contributed by atoms with van der Waals surface area (Å²) in [5.41, 5.74) is 3.67. The Morgan fingerprint density at radius 3 is 1.69 bits per heavy atom. The van der Waals surface area contributed by atoms with Gasteiger partial charge >= 0.3 is 11.9 Å². The van der Waals surface area contributed by atoms with Crippen molar-refractivity contribution in [3.05, 3.63) is 71.1 Å². The molecule has 0 atom stereocenters. The van der Waals surface area contributed by atoms with Crippen molar-refractivity contribution >= 4 is 46.3 Å². The number of carboxylic acids is 1. The number of anilines is 1. The Kier molecular flexibility index (Phi) is 22.2. The standard InChI is InChI=1S/C48H62N4O16/c1-50(2)35-6-9-38-41(32-35)67-42-33-36(51(3)4)7-10-39(42)46(38)37-8-5-34(31-40(37)48(57)58)47(56)49-14-16-60-18-20-62-22-24-64-26-28-66-30-29-65-27-25-63-23-21-61-19-17-59-15-13-45(55)68-52-43(53)11-12-44(52)54/h5-10,31-33H,11-30H2,1-4H3,(H-,49,56,57,58)/p+1. The van der Waals surface area contributed by atoms with Crippen LogP contribution in [0.25, 0.3) is 33.4 Å². The van der Waals surface area contributed by atoms with Gasteiger partial charge in [0, 0.05) is 73.4 Å². The topological polar surface area (TPSA) is 223 Å². The first kappa shape index (κ1) is 53.1. The minimum Gasteiger partial charge on any atom is -0.478 e. The van der Waals surface area contributed by atoms with Crippen molar-refractivity contribution in [2.75, 3.05) is 145 Å². The van der Waals surface area contributed by atoms with Crippen LogP contribution >= 0.6 is 0 Å². The third kappa shape index (κ3) is 16.7. The second-order valence-corrected chi connectivity index (χ2v) is 15.6. The minimum atomic E-state index is -1.16. The number of nitrogens with one attached hydrogen (secondary N) is 1. The van der Waals surface area contributed by atoms with Gasteiger partial charge in [0.1, 0.15) is 25.4 Å². The van der Waals surface area contributed by atoms with E-state index in [2.05, 4.69) is 5.32 Å². The van der Waals surface area contributed by atoms with Gasteiger partial charge < -0.3 is 62.5 Å². The molecule has 2 heterocycles. The minimum absolute atomic E-state index is 0.00572. The second-order valence-electron chi connectivity index (χ2n) is 15.6. The molecule has 2 aromatic carbocycles. The number of carbonyl (C=O) groups excluding carboxylic acids is 4. The van der Waals surface area contributed by atoms with Crippen LogP contribution in [0.2, 0.25) is 0 Å². The van der Waals surface area contributed by atoms with E-state index in [9.17, 15) is 29.1 Å². The maximum Gasteiger partial charge on any atom is 0.336 e. The molecule has 20 heteroatoms. The lowest BCUT2D eigenvalue weighted by Gasteiger charge is -2.19. The van der Waals surface area contributed by atoms with Crippen LogP contribution in [0.1, 0.15) is 40.0 Å². The first-order chi connectivity index (χ1) is 32.9. The van der Waals surface area contributed by atoms with Gasteiger partial charge in [-0.15, -0.1) is 5.06 Å². The second kappa shape index (κ2) is 28.5. The number of hydroxylamine groups is 2. The molecule has 0 unspecified atom stereocenters. The Bertz CT molecular complexity index is 2310. The quantitative estimate of drug-likeness (QED) is 0.0311. The number of aromatic carboxylic acids is 1. The Hall–Kier alpha value is -5.84. The molecule has 2 N–H and O–H groups in total. The smallest absolute Gasteiger partial charge is 0.336 e. The molecular formula is C48H63N4O16+. The monoisotopic (exact) mass is 951 g/mol. The maximum atomic E-state index is 13.1. The highest BCUT2D eigenvalue weighted by Gasteiger charge is 2.32. The SMILES string of the molecule is CN(C)c1ccc2c(-c3ccc(C(=O)NCCOCCOCCOCCOCCOCCOCCOCCOCCC(=O)ON4C(=O)CCC4=O)cc3C(=O)O)c3ccc(=[N+](C)C)cc-3oc2c1. The van der Waals surface area contributed by atoms with E-state index in [1.165, 1.54) is 6.07 Å². The number of benzene rings is 3. The van der Waals surface area contributed by atoms with E-state index in [1.807, 2.05) is 74.1 Å². The molecule has 2 aromatic rings. The highest BCUT2D eigenvalue weighted by molar-refractivity contribution is 6.09. The van der Waals surface area contributed by atoms with Gasteiger partial charge in [-0.25, -0.2) is 14.2 Å². The van der Waals surface area contributed by atoms with Crippen molar-refractivity contribution in [2.45, 2.75) is 19.3 Å². The molecule has 1 fully saturated rings. The fraction of sp³-hybridized carbons (Fsp3) is 0.500. The Morgan fingerprint density at radius 1 is 0.662 bits per heavy atom. The van der Waals surface area contributed by atoms with Crippen molar-refractivity contribution in [1.82, 2.24) is 15.0 Å². The summed E-state index contributed by atoms with van der Waals surface area (Å²) in [5.74, 6) is -2.73. The highest BCUT2D eigenvalue weighted by atomic mass is 16.7. The molecule has 370 valence electrons. The van der Waals surface area contributed by atoms with Gasteiger partial charge in [0.2, 0.25) is 5.36 Å². The Balaban J connectivity index is 0.849. The molecule has 0 radical (unpaired) electrons. The first-order valence-electron chi connectivity index (χ1n) is 22.5. The van der Waals surface area contributed by atoms with Crippen LogP contribution in [0.15, 0.2) is 59.0 Å². The van der Waals surface area contributed by atoms with Gasteiger partial charge in [0.15, 0.2) is 0 Å². The van der Waals surface area contributed by atoms with Gasteiger partial charge in [0.25, 0.3) is 17.7 Å². The summed E-state index contributed by atoms with van der Waals surface area (Å²) >= 11 is 0. The van der Waals surface area contributed by atoms with E-state index in [4.69, 9.17) is 47.1 Å². The number of carboxylic acid groups (broad SMARTS) is 1. The van der Waals surface area contributed by atoms with Gasteiger partial charge in [-0.1, -0.05) is 6.07 Å². The lowest BCUT2D eigenvalue weighted by atomic mass is 9.89. The number of amides is 3. The normalized spacial score (nSPS) is 12.6. The van der Waals surface area contributed by atoms with Gasteiger partial charge in [-0.3, -0.25) is 14.4 Å². The molecule has 3 aliphatic rings. The number of ether oxygens (including phenoxy) is 8. The summed E-state index contributed by atoms with van der Waals surface area (Å²) < 4.78 is 52.1. The molecule has 5 rings (SSSR count). The van der Waals surface area contributed by atoms with E-state index in [-0.39, 0.29) is 56.8 Å². The first-order valence-corrected chi connectivity index (χ1v) is 22.5. The number of hydrogen-bond acceptors (Lipinski definition) is 16. The van der Waals surface area contributed by atoms with Gasteiger partial charge in [0.05, 0.1) is 124 Å². The molecule has 0 spiro atoms.